The third-order valence-electron chi connectivity index (χ3n) is 3.81. The van der Waals surface area contributed by atoms with Gasteiger partial charge in [0, 0.05) is 9.75 Å². The van der Waals surface area contributed by atoms with E-state index in [-0.39, 0.29) is 6.04 Å². The SMILES string of the molecule is Cc1cc(C(C)NC(N)=NC2CCCCC2)c(C)s1. The summed E-state index contributed by atoms with van der Waals surface area (Å²) in [7, 11) is 0. The average molecular weight is 279 g/mol. The summed E-state index contributed by atoms with van der Waals surface area (Å²) in [5.41, 5.74) is 7.38. The van der Waals surface area contributed by atoms with Gasteiger partial charge in [-0.15, -0.1) is 11.3 Å². The van der Waals surface area contributed by atoms with E-state index >= 15 is 0 Å². The van der Waals surface area contributed by atoms with Crippen LogP contribution in [0.2, 0.25) is 0 Å². The van der Waals surface area contributed by atoms with Crippen LogP contribution in [0.3, 0.4) is 0 Å². The Morgan fingerprint density at radius 1 is 1.37 bits per heavy atom. The number of aryl methyl sites for hydroxylation is 2. The fourth-order valence-corrected chi connectivity index (χ4v) is 3.85. The minimum atomic E-state index is 0.234. The van der Waals surface area contributed by atoms with Crippen molar-refractivity contribution in [3.05, 3.63) is 21.4 Å². The standard InChI is InChI=1S/C15H25N3S/c1-10-9-14(12(3)19-10)11(2)17-15(16)18-13-7-5-4-6-8-13/h9,11,13H,4-8H2,1-3H3,(H3,16,17,18). The van der Waals surface area contributed by atoms with Crippen LogP contribution in [0.1, 0.15) is 60.4 Å². The van der Waals surface area contributed by atoms with Gasteiger partial charge in [0.2, 0.25) is 0 Å². The van der Waals surface area contributed by atoms with Gasteiger partial charge in [-0.05, 0) is 45.2 Å². The predicted molar refractivity (Wildman–Crippen MR) is 83.8 cm³/mol. The van der Waals surface area contributed by atoms with Crippen molar-refractivity contribution in [1.29, 1.82) is 0 Å². The third kappa shape index (κ3) is 3.96. The van der Waals surface area contributed by atoms with Gasteiger partial charge in [0.05, 0.1) is 12.1 Å². The molecule has 0 spiro atoms. The average Bonchev–Trinajstić information content (AvgIpc) is 2.69. The lowest BCUT2D eigenvalue weighted by Gasteiger charge is -2.20. The van der Waals surface area contributed by atoms with E-state index in [2.05, 4.69) is 37.1 Å². The molecule has 1 aromatic heterocycles. The van der Waals surface area contributed by atoms with Crippen molar-refractivity contribution in [2.24, 2.45) is 10.7 Å². The monoisotopic (exact) mass is 279 g/mol. The quantitative estimate of drug-likeness (QED) is 0.655. The Morgan fingerprint density at radius 2 is 2.05 bits per heavy atom. The first-order chi connectivity index (χ1) is 9.06. The van der Waals surface area contributed by atoms with Crippen molar-refractivity contribution >= 4 is 17.3 Å². The molecule has 4 heteroatoms. The number of thiophene rings is 1. The van der Waals surface area contributed by atoms with Gasteiger partial charge >= 0.3 is 0 Å². The Hall–Kier alpha value is -1.03. The molecule has 0 aliphatic heterocycles. The van der Waals surface area contributed by atoms with Crippen molar-refractivity contribution in [2.45, 2.75) is 65.0 Å². The van der Waals surface area contributed by atoms with Crippen molar-refractivity contribution in [3.8, 4) is 0 Å². The topological polar surface area (TPSA) is 50.4 Å². The smallest absolute Gasteiger partial charge is 0.189 e. The van der Waals surface area contributed by atoms with Crippen molar-refractivity contribution < 1.29 is 0 Å². The zero-order valence-corrected chi connectivity index (χ0v) is 13.0. The second-order valence-electron chi connectivity index (χ2n) is 5.54. The van der Waals surface area contributed by atoms with Crippen LogP contribution in [0.5, 0.6) is 0 Å². The molecule has 1 saturated carbocycles. The van der Waals surface area contributed by atoms with E-state index in [1.54, 1.807) is 0 Å². The summed E-state index contributed by atoms with van der Waals surface area (Å²) >= 11 is 1.84. The van der Waals surface area contributed by atoms with Gasteiger partial charge in [0.15, 0.2) is 5.96 Å². The molecule has 2 rings (SSSR count). The summed E-state index contributed by atoms with van der Waals surface area (Å²) in [6.45, 7) is 6.46. The van der Waals surface area contributed by atoms with Crippen LogP contribution < -0.4 is 11.1 Å². The molecule has 1 aliphatic rings. The minimum absolute atomic E-state index is 0.234. The first kappa shape index (κ1) is 14.4. The molecule has 1 atom stereocenters. The summed E-state index contributed by atoms with van der Waals surface area (Å²) in [4.78, 5) is 7.34. The Labute approximate surface area is 120 Å². The molecule has 106 valence electrons. The highest BCUT2D eigenvalue weighted by atomic mass is 32.1. The molecule has 1 heterocycles. The Bertz CT molecular complexity index is 444. The van der Waals surface area contributed by atoms with Crippen LogP contribution in [0.4, 0.5) is 0 Å². The van der Waals surface area contributed by atoms with E-state index in [4.69, 9.17) is 5.73 Å². The maximum atomic E-state index is 6.04. The Kier molecular flexibility index (Phi) is 4.86. The number of rotatable bonds is 3. The molecule has 1 fully saturated rings. The summed E-state index contributed by atoms with van der Waals surface area (Å²) in [5, 5.41) is 3.33. The third-order valence-corrected chi connectivity index (χ3v) is 4.79. The highest BCUT2D eigenvalue weighted by Gasteiger charge is 2.15. The molecule has 3 nitrogen and oxygen atoms in total. The van der Waals surface area contributed by atoms with Gasteiger partial charge < -0.3 is 11.1 Å². The molecule has 1 unspecified atom stereocenters. The number of guanidine groups is 1. The van der Waals surface area contributed by atoms with Gasteiger partial charge in [-0.25, -0.2) is 0 Å². The van der Waals surface area contributed by atoms with Gasteiger partial charge in [0.25, 0.3) is 0 Å². The lowest BCUT2D eigenvalue weighted by molar-refractivity contribution is 0.441. The summed E-state index contributed by atoms with van der Waals surface area (Å²) in [6.07, 6.45) is 6.31. The highest BCUT2D eigenvalue weighted by molar-refractivity contribution is 7.12. The van der Waals surface area contributed by atoms with E-state index < -0.39 is 0 Å². The second-order valence-corrected chi connectivity index (χ2v) is 7.00. The predicted octanol–water partition coefficient (Wildman–Crippen LogP) is 3.66. The summed E-state index contributed by atoms with van der Waals surface area (Å²) in [5.74, 6) is 0.600. The number of nitrogens with two attached hydrogens (primary N) is 1. The summed E-state index contributed by atoms with van der Waals surface area (Å²) < 4.78 is 0. The maximum absolute atomic E-state index is 6.04. The van der Waals surface area contributed by atoms with E-state index in [1.807, 2.05) is 11.3 Å². The summed E-state index contributed by atoms with van der Waals surface area (Å²) in [6, 6.07) is 2.90. The molecule has 1 aliphatic carbocycles. The fourth-order valence-electron chi connectivity index (χ4n) is 2.82. The van der Waals surface area contributed by atoms with E-state index in [0.717, 1.165) is 0 Å². The van der Waals surface area contributed by atoms with E-state index in [9.17, 15) is 0 Å². The van der Waals surface area contributed by atoms with Crippen LogP contribution in [0.25, 0.3) is 0 Å². The van der Waals surface area contributed by atoms with Crippen LogP contribution in [0, 0.1) is 13.8 Å². The number of aliphatic imine (C=N–C) groups is 1. The van der Waals surface area contributed by atoms with Crippen molar-refractivity contribution in [1.82, 2.24) is 5.32 Å². The molecule has 0 radical (unpaired) electrons. The van der Waals surface area contributed by atoms with Gasteiger partial charge in [0.1, 0.15) is 0 Å². The molecule has 0 bridgehead atoms. The van der Waals surface area contributed by atoms with Crippen LogP contribution in [-0.2, 0) is 0 Å². The second kappa shape index (κ2) is 6.42. The number of nitrogens with one attached hydrogen (secondary N) is 1. The van der Waals surface area contributed by atoms with Gasteiger partial charge in [-0.2, -0.15) is 0 Å². The molecule has 0 aromatic carbocycles. The molecule has 3 N–H and O–H groups in total. The molecule has 0 saturated heterocycles. The molecule has 1 aromatic rings. The first-order valence-corrected chi connectivity index (χ1v) is 8.04. The minimum Gasteiger partial charge on any atom is -0.370 e. The van der Waals surface area contributed by atoms with Crippen LogP contribution in [-0.4, -0.2) is 12.0 Å². The zero-order valence-electron chi connectivity index (χ0n) is 12.2. The normalized spacial score (nSPS) is 19.4. The van der Waals surface area contributed by atoms with E-state index in [0.29, 0.717) is 12.0 Å². The van der Waals surface area contributed by atoms with E-state index in [1.165, 1.54) is 47.4 Å². The Balaban J connectivity index is 1.95. The van der Waals surface area contributed by atoms with Crippen LogP contribution in [0.15, 0.2) is 11.1 Å². The number of nitrogens with zero attached hydrogens (tertiary/aromatic N) is 1. The molecular weight excluding hydrogens is 254 g/mol. The Morgan fingerprint density at radius 3 is 2.63 bits per heavy atom. The highest BCUT2D eigenvalue weighted by Crippen LogP contribution is 2.26. The zero-order chi connectivity index (χ0) is 13.8. The van der Waals surface area contributed by atoms with Gasteiger partial charge in [-0.3, -0.25) is 4.99 Å². The number of hydrogen-bond donors (Lipinski definition) is 2. The molecule has 19 heavy (non-hydrogen) atoms. The van der Waals surface area contributed by atoms with Crippen molar-refractivity contribution in [2.75, 3.05) is 0 Å². The largest absolute Gasteiger partial charge is 0.370 e. The lowest BCUT2D eigenvalue weighted by Crippen LogP contribution is -2.35. The van der Waals surface area contributed by atoms with Crippen LogP contribution >= 0.6 is 11.3 Å². The first-order valence-electron chi connectivity index (χ1n) is 7.23. The lowest BCUT2D eigenvalue weighted by atomic mass is 9.96. The molecule has 0 amide bonds. The van der Waals surface area contributed by atoms with Gasteiger partial charge in [-0.1, -0.05) is 19.3 Å². The fraction of sp³-hybridized carbons (Fsp3) is 0.667. The van der Waals surface area contributed by atoms with Crippen molar-refractivity contribution in [3.63, 3.8) is 0 Å². The number of hydrogen-bond acceptors (Lipinski definition) is 2. The maximum Gasteiger partial charge on any atom is 0.189 e. The molecular formula is C15H25N3S.